The van der Waals surface area contributed by atoms with Crippen molar-refractivity contribution in [3.05, 3.63) is 17.7 Å². The van der Waals surface area contributed by atoms with E-state index in [9.17, 15) is 0 Å². The minimum Gasteiger partial charge on any atom is -0.345 e. The van der Waals surface area contributed by atoms with Gasteiger partial charge in [0, 0.05) is 11.9 Å². The largest absolute Gasteiger partial charge is 0.345 e. The van der Waals surface area contributed by atoms with E-state index < -0.39 is 0 Å². The molecule has 1 aromatic rings. The fourth-order valence-corrected chi connectivity index (χ4v) is 1.15. The first kappa shape index (κ1) is 9.26. The highest BCUT2D eigenvalue weighted by Gasteiger charge is 2.06. The van der Waals surface area contributed by atoms with Crippen LogP contribution >= 0.6 is 0 Å². The van der Waals surface area contributed by atoms with Crippen LogP contribution < -0.4 is 5.73 Å². The highest BCUT2D eigenvalue weighted by atomic mass is 15.0. The van der Waals surface area contributed by atoms with Gasteiger partial charge in [-0.15, -0.1) is 0 Å². The number of nitrogens with two attached hydrogens (primary N) is 1. The fourth-order valence-electron chi connectivity index (χ4n) is 1.15. The molecule has 0 aliphatic carbocycles. The molecule has 0 amide bonds. The van der Waals surface area contributed by atoms with Gasteiger partial charge in [-0.1, -0.05) is 20.3 Å². The topological polar surface area (TPSA) is 54.7 Å². The Bertz CT molecular complexity index is 229. The summed E-state index contributed by atoms with van der Waals surface area (Å²) in [5.41, 5.74) is 7.00. The van der Waals surface area contributed by atoms with Crippen LogP contribution in [0.15, 0.2) is 6.20 Å². The molecule has 0 bridgehead atoms. The molecule has 0 fully saturated rings. The van der Waals surface area contributed by atoms with E-state index in [1.54, 1.807) is 0 Å². The molecular formula is C9H17N3. The van der Waals surface area contributed by atoms with E-state index in [4.69, 9.17) is 5.73 Å². The number of aryl methyl sites for hydroxylation is 1. The van der Waals surface area contributed by atoms with Crippen molar-refractivity contribution in [3.63, 3.8) is 0 Å². The summed E-state index contributed by atoms with van der Waals surface area (Å²) >= 11 is 0. The number of rotatable bonds is 4. The summed E-state index contributed by atoms with van der Waals surface area (Å²) in [5, 5.41) is 0. The molecule has 1 aromatic heterocycles. The normalized spacial score (nSPS) is 13.2. The van der Waals surface area contributed by atoms with Gasteiger partial charge in [-0.3, -0.25) is 0 Å². The zero-order valence-electron chi connectivity index (χ0n) is 7.80. The van der Waals surface area contributed by atoms with Gasteiger partial charge in [0.2, 0.25) is 0 Å². The number of imidazole rings is 1. The summed E-state index contributed by atoms with van der Waals surface area (Å²) in [5.74, 6) is 0.918. The second-order valence-electron chi connectivity index (χ2n) is 3.06. The monoisotopic (exact) mass is 167 g/mol. The summed E-state index contributed by atoms with van der Waals surface area (Å²) in [4.78, 5) is 7.45. The summed E-state index contributed by atoms with van der Waals surface area (Å²) in [6, 6.07) is 0.0654. The lowest BCUT2D eigenvalue weighted by Gasteiger charge is -2.03. The molecule has 0 radical (unpaired) electrons. The van der Waals surface area contributed by atoms with Crippen molar-refractivity contribution in [1.29, 1.82) is 0 Å². The Morgan fingerprint density at radius 2 is 2.33 bits per heavy atom. The number of aromatic amines is 1. The third kappa shape index (κ3) is 2.08. The number of nitrogens with zero attached hydrogens (tertiary/aromatic N) is 1. The van der Waals surface area contributed by atoms with Gasteiger partial charge < -0.3 is 10.7 Å². The average molecular weight is 167 g/mol. The molecule has 1 rings (SSSR count). The van der Waals surface area contributed by atoms with Crippen molar-refractivity contribution in [3.8, 4) is 0 Å². The third-order valence-corrected chi connectivity index (χ3v) is 1.96. The quantitative estimate of drug-likeness (QED) is 0.718. The van der Waals surface area contributed by atoms with Crippen molar-refractivity contribution in [2.75, 3.05) is 0 Å². The van der Waals surface area contributed by atoms with E-state index in [1.807, 2.05) is 6.20 Å². The molecular weight excluding hydrogens is 150 g/mol. The Balaban J connectivity index is 2.63. The molecule has 12 heavy (non-hydrogen) atoms. The van der Waals surface area contributed by atoms with E-state index in [0.29, 0.717) is 0 Å². The van der Waals surface area contributed by atoms with Crippen LogP contribution in [0.25, 0.3) is 0 Å². The van der Waals surface area contributed by atoms with Gasteiger partial charge in [-0.25, -0.2) is 4.98 Å². The van der Waals surface area contributed by atoms with E-state index in [-0.39, 0.29) is 6.04 Å². The zero-order chi connectivity index (χ0) is 8.97. The van der Waals surface area contributed by atoms with Gasteiger partial charge in [0.05, 0.1) is 6.04 Å². The van der Waals surface area contributed by atoms with Crippen LogP contribution in [-0.2, 0) is 6.42 Å². The molecule has 1 atom stereocenters. The predicted molar refractivity (Wildman–Crippen MR) is 49.8 cm³/mol. The molecule has 68 valence electrons. The minimum atomic E-state index is 0.0654. The van der Waals surface area contributed by atoms with E-state index >= 15 is 0 Å². The lowest BCUT2D eigenvalue weighted by atomic mass is 10.2. The van der Waals surface area contributed by atoms with Crippen molar-refractivity contribution in [2.45, 2.75) is 39.2 Å². The fraction of sp³-hybridized carbons (Fsp3) is 0.667. The Morgan fingerprint density at radius 3 is 2.92 bits per heavy atom. The Morgan fingerprint density at radius 1 is 1.58 bits per heavy atom. The van der Waals surface area contributed by atoms with Gasteiger partial charge in [0.1, 0.15) is 5.82 Å². The predicted octanol–water partition coefficient (Wildman–Crippen LogP) is 1.77. The lowest BCUT2D eigenvalue weighted by molar-refractivity contribution is 0.655. The SMILES string of the molecule is CCCc1cnc(C(N)CC)[nH]1. The maximum absolute atomic E-state index is 5.81. The van der Waals surface area contributed by atoms with Crippen molar-refractivity contribution >= 4 is 0 Å². The first-order valence-corrected chi connectivity index (χ1v) is 4.57. The van der Waals surface area contributed by atoms with Gasteiger partial charge in [0.25, 0.3) is 0 Å². The molecule has 3 N–H and O–H groups in total. The van der Waals surface area contributed by atoms with Crippen LogP contribution in [0.2, 0.25) is 0 Å². The van der Waals surface area contributed by atoms with Crippen LogP contribution in [-0.4, -0.2) is 9.97 Å². The number of H-pyrrole nitrogens is 1. The van der Waals surface area contributed by atoms with Gasteiger partial charge in [-0.05, 0) is 12.8 Å². The maximum atomic E-state index is 5.81. The molecule has 0 spiro atoms. The first-order chi connectivity index (χ1) is 5.77. The highest BCUT2D eigenvalue weighted by molar-refractivity contribution is 5.04. The second kappa shape index (κ2) is 4.26. The summed E-state index contributed by atoms with van der Waals surface area (Å²) < 4.78 is 0. The second-order valence-corrected chi connectivity index (χ2v) is 3.06. The standard InChI is InChI=1S/C9H17N3/c1-3-5-7-6-11-9(12-7)8(10)4-2/h6,8H,3-5,10H2,1-2H3,(H,11,12). The number of nitrogens with one attached hydrogen (secondary N) is 1. The van der Waals surface area contributed by atoms with Crippen LogP contribution in [0.1, 0.15) is 44.2 Å². The van der Waals surface area contributed by atoms with E-state index in [0.717, 1.165) is 25.1 Å². The van der Waals surface area contributed by atoms with E-state index in [1.165, 1.54) is 5.69 Å². The van der Waals surface area contributed by atoms with Gasteiger partial charge in [-0.2, -0.15) is 0 Å². The summed E-state index contributed by atoms with van der Waals surface area (Å²) in [6.07, 6.45) is 5.01. The molecule has 0 aliphatic heterocycles. The molecule has 0 aromatic carbocycles. The van der Waals surface area contributed by atoms with Crippen LogP contribution in [0.3, 0.4) is 0 Å². The Labute approximate surface area is 73.4 Å². The number of aromatic nitrogens is 2. The van der Waals surface area contributed by atoms with Crippen molar-refractivity contribution < 1.29 is 0 Å². The van der Waals surface area contributed by atoms with Gasteiger partial charge >= 0.3 is 0 Å². The summed E-state index contributed by atoms with van der Waals surface area (Å²) in [6.45, 7) is 4.22. The molecule has 0 aliphatic rings. The minimum absolute atomic E-state index is 0.0654. The Kier molecular flexibility index (Phi) is 3.29. The van der Waals surface area contributed by atoms with Crippen molar-refractivity contribution in [1.82, 2.24) is 9.97 Å². The van der Waals surface area contributed by atoms with Crippen LogP contribution in [0, 0.1) is 0 Å². The van der Waals surface area contributed by atoms with E-state index in [2.05, 4.69) is 23.8 Å². The third-order valence-electron chi connectivity index (χ3n) is 1.96. The summed E-state index contributed by atoms with van der Waals surface area (Å²) in [7, 11) is 0. The van der Waals surface area contributed by atoms with Crippen LogP contribution in [0.5, 0.6) is 0 Å². The lowest BCUT2D eigenvalue weighted by Crippen LogP contribution is -2.10. The van der Waals surface area contributed by atoms with Gasteiger partial charge in [0.15, 0.2) is 0 Å². The smallest absolute Gasteiger partial charge is 0.123 e. The molecule has 3 nitrogen and oxygen atoms in total. The first-order valence-electron chi connectivity index (χ1n) is 4.57. The molecule has 0 saturated heterocycles. The molecule has 1 heterocycles. The maximum Gasteiger partial charge on any atom is 0.123 e. The highest BCUT2D eigenvalue weighted by Crippen LogP contribution is 2.09. The molecule has 0 saturated carbocycles. The average Bonchev–Trinajstić information content (AvgIpc) is 2.52. The molecule has 3 heteroatoms. The zero-order valence-corrected chi connectivity index (χ0v) is 7.80. The Hall–Kier alpha value is -0.830. The number of hydrogen-bond acceptors (Lipinski definition) is 2. The molecule has 1 unspecified atom stereocenters. The van der Waals surface area contributed by atoms with Crippen molar-refractivity contribution in [2.24, 2.45) is 5.73 Å². The number of hydrogen-bond donors (Lipinski definition) is 2. The van der Waals surface area contributed by atoms with Crippen LogP contribution in [0.4, 0.5) is 0 Å².